The summed E-state index contributed by atoms with van der Waals surface area (Å²) < 4.78 is 7.13. The number of benzene rings is 1. The van der Waals surface area contributed by atoms with Crippen LogP contribution in [0.1, 0.15) is 11.3 Å². The number of nitrogens with one attached hydrogen (secondary N) is 1. The SMILES string of the molecule is COc1ccccc1Cn1cc(CN2CCNC(=O)C2)nn1. The van der Waals surface area contributed by atoms with Crippen molar-refractivity contribution in [1.29, 1.82) is 0 Å². The average Bonchev–Trinajstić information content (AvgIpc) is 2.95. The zero-order valence-corrected chi connectivity index (χ0v) is 12.5. The van der Waals surface area contributed by atoms with Crippen LogP contribution in [0.25, 0.3) is 0 Å². The Hall–Kier alpha value is -2.41. The lowest BCUT2D eigenvalue weighted by atomic mass is 10.2. The smallest absolute Gasteiger partial charge is 0.234 e. The van der Waals surface area contributed by atoms with E-state index in [2.05, 4.69) is 20.5 Å². The fourth-order valence-electron chi connectivity index (χ4n) is 2.55. The first-order valence-electron chi connectivity index (χ1n) is 7.24. The summed E-state index contributed by atoms with van der Waals surface area (Å²) in [6.45, 7) is 3.19. The van der Waals surface area contributed by atoms with Gasteiger partial charge in [-0.15, -0.1) is 5.10 Å². The number of aromatic nitrogens is 3. The maximum atomic E-state index is 11.4. The number of carbonyl (C=O) groups excluding carboxylic acids is 1. The third-order valence-electron chi connectivity index (χ3n) is 3.61. The summed E-state index contributed by atoms with van der Waals surface area (Å²) in [4.78, 5) is 13.4. The molecule has 3 rings (SSSR count). The first-order valence-corrected chi connectivity index (χ1v) is 7.24. The average molecular weight is 301 g/mol. The Balaban J connectivity index is 1.65. The lowest BCUT2D eigenvalue weighted by Gasteiger charge is -2.25. The highest BCUT2D eigenvalue weighted by atomic mass is 16.5. The van der Waals surface area contributed by atoms with Crippen LogP contribution >= 0.6 is 0 Å². The van der Waals surface area contributed by atoms with Crippen LogP contribution in [0.3, 0.4) is 0 Å². The largest absolute Gasteiger partial charge is 0.496 e. The van der Waals surface area contributed by atoms with Gasteiger partial charge in [-0.1, -0.05) is 23.4 Å². The molecule has 2 heterocycles. The highest BCUT2D eigenvalue weighted by molar-refractivity contribution is 5.78. The molecule has 0 atom stereocenters. The van der Waals surface area contributed by atoms with Crippen molar-refractivity contribution in [1.82, 2.24) is 25.2 Å². The zero-order valence-electron chi connectivity index (χ0n) is 12.5. The van der Waals surface area contributed by atoms with Gasteiger partial charge in [0, 0.05) is 25.2 Å². The molecule has 1 N–H and O–H groups in total. The van der Waals surface area contributed by atoms with E-state index in [1.54, 1.807) is 11.8 Å². The zero-order chi connectivity index (χ0) is 15.4. The quantitative estimate of drug-likeness (QED) is 0.858. The number of ether oxygens (including phenoxy) is 1. The lowest BCUT2D eigenvalue weighted by molar-refractivity contribution is -0.124. The number of hydrogen-bond donors (Lipinski definition) is 1. The molecule has 22 heavy (non-hydrogen) atoms. The van der Waals surface area contributed by atoms with Gasteiger partial charge in [0.05, 0.1) is 32.1 Å². The Bertz CT molecular complexity index is 655. The van der Waals surface area contributed by atoms with E-state index in [4.69, 9.17) is 4.74 Å². The van der Waals surface area contributed by atoms with Gasteiger partial charge < -0.3 is 10.1 Å². The molecular formula is C15H19N5O2. The van der Waals surface area contributed by atoms with E-state index < -0.39 is 0 Å². The molecule has 2 aromatic rings. The van der Waals surface area contributed by atoms with Gasteiger partial charge in [-0.25, -0.2) is 4.68 Å². The van der Waals surface area contributed by atoms with Crippen molar-refractivity contribution >= 4 is 5.91 Å². The summed E-state index contributed by atoms with van der Waals surface area (Å²) in [5.41, 5.74) is 1.92. The predicted octanol–water partition coefficient (Wildman–Crippen LogP) is 0.267. The van der Waals surface area contributed by atoms with Crippen molar-refractivity contribution in [2.75, 3.05) is 26.7 Å². The van der Waals surface area contributed by atoms with Gasteiger partial charge in [0.2, 0.25) is 5.91 Å². The fourth-order valence-corrected chi connectivity index (χ4v) is 2.55. The number of amides is 1. The van der Waals surface area contributed by atoms with Gasteiger partial charge in [-0.3, -0.25) is 9.69 Å². The molecule has 1 amide bonds. The van der Waals surface area contributed by atoms with Crippen LogP contribution < -0.4 is 10.1 Å². The van der Waals surface area contributed by atoms with E-state index in [0.717, 1.165) is 23.6 Å². The molecule has 1 aliphatic heterocycles. The third-order valence-corrected chi connectivity index (χ3v) is 3.61. The second-order valence-electron chi connectivity index (χ2n) is 5.28. The van der Waals surface area contributed by atoms with Gasteiger partial charge >= 0.3 is 0 Å². The molecule has 1 aliphatic rings. The normalized spacial score (nSPS) is 15.6. The molecule has 7 heteroatoms. The van der Waals surface area contributed by atoms with E-state index >= 15 is 0 Å². The minimum atomic E-state index is 0.0627. The van der Waals surface area contributed by atoms with E-state index in [1.165, 1.54) is 0 Å². The van der Waals surface area contributed by atoms with Crippen LogP contribution in [0.5, 0.6) is 5.75 Å². The molecule has 1 aromatic heterocycles. The first kappa shape index (κ1) is 14.5. The maximum absolute atomic E-state index is 11.4. The molecule has 0 aliphatic carbocycles. The topological polar surface area (TPSA) is 72.3 Å². The number of carbonyl (C=O) groups is 1. The maximum Gasteiger partial charge on any atom is 0.234 e. The molecule has 0 spiro atoms. The molecule has 0 radical (unpaired) electrons. The van der Waals surface area contributed by atoms with E-state index in [9.17, 15) is 4.79 Å². The second kappa shape index (κ2) is 6.57. The predicted molar refractivity (Wildman–Crippen MR) is 80.4 cm³/mol. The number of para-hydroxylation sites is 1. The summed E-state index contributed by atoms with van der Waals surface area (Å²) in [5, 5.41) is 11.2. The van der Waals surface area contributed by atoms with Crippen molar-refractivity contribution < 1.29 is 9.53 Å². The molecule has 116 valence electrons. The monoisotopic (exact) mass is 301 g/mol. The van der Waals surface area contributed by atoms with Crippen LogP contribution in [0.4, 0.5) is 0 Å². The molecule has 1 saturated heterocycles. The highest BCUT2D eigenvalue weighted by Gasteiger charge is 2.17. The lowest BCUT2D eigenvalue weighted by Crippen LogP contribution is -2.47. The number of methoxy groups -OCH3 is 1. The third kappa shape index (κ3) is 3.43. The van der Waals surface area contributed by atoms with Crippen LogP contribution in [-0.4, -0.2) is 52.5 Å². The Morgan fingerprint density at radius 3 is 3.00 bits per heavy atom. The van der Waals surface area contributed by atoms with Gasteiger partial charge in [0.25, 0.3) is 0 Å². The highest BCUT2D eigenvalue weighted by Crippen LogP contribution is 2.18. The van der Waals surface area contributed by atoms with Crippen molar-refractivity contribution in [3.63, 3.8) is 0 Å². The van der Waals surface area contributed by atoms with Crippen molar-refractivity contribution in [2.45, 2.75) is 13.1 Å². The molecule has 0 saturated carbocycles. The minimum absolute atomic E-state index is 0.0627. The van der Waals surface area contributed by atoms with Crippen molar-refractivity contribution in [3.8, 4) is 5.75 Å². The first-order chi connectivity index (χ1) is 10.7. The molecule has 0 unspecified atom stereocenters. The molecule has 1 fully saturated rings. The van der Waals surface area contributed by atoms with Crippen LogP contribution in [0.2, 0.25) is 0 Å². The Morgan fingerprint density at radius 1 is 1.32 bits per heavy atom. The second-order valence-corrected chi connectivity index (χ2v) is 5.28. The van der Waals surface area contributed by atoms with Gasteiger partial charge in [0.15, 0.2) is 0 Å². The number of nitrogens with zero attached hydrogens (tertiary/aromatic N) is 4. The molecule has 1 aromatic carbocycles. The summed E-state index contributed by atoms with van der Waals surface area (Å²) in [6, 6.07) is 7.85. The van der Waals surface area contributed by atoms with E-state index in [0.29, 0.717) is 26.2 Å². The van der Waals surface area contributed by atoms with Crippen LogP contribution in [0, 0.1) is 0 Å². The fraction of sp³-hybridized carbons (Fsp3) is 0.400. The molecule has 0 bridgehead atoms. The Kier molecular flexibility index (Phi) is 4.34. The summed E-state index contributed by atoms with van der Waals surface area (Å²) in [7, 11) is 1.66. The number of rotatable bonds is 5. The Morgan fingerprint density at radius 2 is 2.18 bits per heavy atom. The van der Waals surface area contributed by atoms with Crippen molar-refractivity contribution in [3.05, 3.63) is 41.7 Å². The minimum Gasteiger partial charge on any atom is -0.496 e. The van der Waals surface area contributed by atoms with Crippen LogP contribution in [0.15, 0.2) is 30.5 Å². The summed E-state index contributed by atoms with van der Waals surface area (Å²) in [6.07, 6.45) is 1.92. The summed E-state index contributed by atoms with van der Waals surface area (Å²) >= 11 is 0. The summed E-state index contributed by atoms with van der Waals surface area (Å²) in [5.74, 6) is 0.903. The van der Waals surface area contributed by atoms with Gasteiger partial charge in [0.1, 0.15) is 5.75 Å². The van der Waals surface area contributed by atoms with Crippen molar-refractivity contribution in [2.24, 2.45) is 0 Å². The number of hydrogen-bond acceptors (Lipinski definition) is 5. The van der Waals surface area contributed by atoms with E-state index in [1.807, 2.05) is 30.5 Å². The van der Waals surface area contributed by atoms with Crippen LogP contribution in [-0.2, 0) is 17.9 Å². The van der Waals surface area contributed by atoms with E-state index in [-0.39, 0.29) is 5.91 Å². The molecular weight excluding hydrogens is 282 g/mol. The Labute approximate surface area is 128 Å². The van der Waals surface area contributed by atoms with Gasteiger partial charge in [-0.2, -0.15) is 0 Å². The van der Waals surface area contributed by atoms with Gasteiger partial charge in [-0.05, 0) is 6.07 Å². The number of piperazine rings is 1. The standard InChI is InChI=1S/C15H19N5O2/c1-22-14-5-3-2-4-12(14)8-20-10-13(17-18-20)9-19-7-6-16-15(21)11-19/h2-5,10H,6-9,11H2,1H3,(H,16,21). The molecule has 7 nitrogen and oxygen atoms in total.